The van der Waals surface area contributed by atoms with Crippen LogP contribution in [0.15, 0.2) is 29.3 Å². The highest BCUT2D eigenvalue weighted by molar-refractivity contribution is 14.0. The molecule has 0 fully saturated rings. The number of rotatable bonds is 7. The van der Waals surface area contributed by atoms with Crippen LogP contribution in [0.3, 0.4) is 0 Å². The van der Waals surface area contributed by atoms with Crippen molar-refractivity contribution < 1.29 is 4.74 Å². The smallest absolute Gasteiger partial charge is 0.191 e. The Bertz CT molecular complexity index is 450. The van der Waals surface area contributed by atoms with E-state index in [0.29, 0.717) is 12.6 Å². The first-order valence-corrected chi connectivity index (χ1v) is 7.35. The predicted molar refractivity (Wildman–Crippen MR) is 104 cm³/mol. The molecule has 5 nitrogen and oxygen atoms in total. The summed E-state index contributed by atoms with van der Waals surface area (Å²) in [7, 11) is 5.85. The van der Waals surface area contributed by atoms with E-state index in [0.717, 1.165) is 24.8 Å². The highest BCUT2D eigenvalue weighted by atomic mass is 127. The molecule has 0 saturated heterocycles. The normalized spacial score (nSPS) is 11.3. The fraction of sp³-hybridized carbons (Fsp3) is 0.562. The number of likely N-dealkylation sites (N-methyl/N-ethyl adjacent to an activating group) is 1. The number of guanidine groups is 1. The zero-order valence-electron chi connectivity index (χ0n) is 14.2. The Hall–Kier alpha value is -1.02. The van der Waals surface area contributed by atoms with Crippen LogP contribution in [0.4, 0.5) is 0 Å². The van der Waals surface area contributed by atoms with E-state index in [1.54, 1.807) is 7.05 Å². The van der Waals surface area contributed by atoms with Crippen molar-refractivity contribution in [3.63, 3.8) is 0 Å². The Kier molecular flexibility index (Phi) is 11.0. The Labute approximate surface area is 151 Å². The average molecular weight is 420 g/mol. The number of ether oxygens (including phenoxy) is 1. The Morgan fingerprint density at radius 1 is 1.32 bits per heavy atom. The Balaban J connectivity index is 0.00000441. The third-order valence-electron chi connectivity index (χ3n) is 2.81. The molecule has 0 aliphatic rings. The van der Waals surface area contributed by atoms with Gasteiger partial charge in [-0.25, -0.2) is 0 Å². The van der Waals surface area contributed by atoms with E-state index in [2.05, 4.69) is 46.5 Å². The summed E-state index contributed by atoms with van der Waals surface area (Å²) in [5, 5.41) is 6.56. The quantitative estimate of drug-likeness (QED) is 0.404. The molecule has 6 heteroatoms. The number of nitrogens with one attached hydrogen (secondary N) is 2. The molecule has 0 spiro atoms. The van der Waals surface area contributed by atoms with Crippen LogP contribution in [-0.4, -0.2) is 51.2 Å². The van der Waals surface area contributed by atoms with E-state index in [9.17, 15) is 0 Å². The van der Waals surface area contributed by atoms with Gasteiger partial charge < -0.3 is 20.3 Å². The summed E-state index contributed by atoms with van der Waals surface area (Å²) in [4.78, 5) is 6.30. The minimum atomic E-state index is 0. The number of hydrogen-bond acceptors (Lipinski definition) is 3. The van der Waals surface area contributed by atoms with Crippen molar-refractivity contribution in [1.29, 1.82) is 0 Å². The maximum Gasteiger partial charge on any atom is 0.191 e. The van der Waals surface area contributed by atoms with Gasteiger partial charge in [0.1, 0.15) is 12.4 Å². The van der Waals surface area contributed by atoms with Crippen molar-refractivity contribution in [3.05, 3.63) is 29.8 Å². The fourth-order valence-corrected chi connectivity index (χ4v) is 1.75. The summed E-state index contributed by atoms with van der Waals surface area (Å²) in [6.45, 7) is 6.50. The highest BCUT2D eigenvalue weighted by Crippen LogP contribution is 2.13. The van der Waals surface area contributed by atoms with Crippen molar-refractivity contribution in [3.8, 4) is 5.75 Å². The molecule has 0 atom stereocenters. The van der Waals surface area contributed by atoms with Gasteiger partial charge in [0.2, 0.25) is 0 Å². The topological polar surface area (TPSA) is 48.9 Å². The summed E-state index contributed by atoms with van der Waals surface area (Å²) in [5.41, 5.74) is 1.17. The van der Waals surface area contributed by atoms with Crippen molar-refractivity contribution in [1.82, 2.24) is 15.5 Å². The maximum atomic E-state index is 5.74. The molecule has 1 rings (SSSR count). The van der Waals surface area contributed by atoms with Gasteiger partial charge in [0.25, 0.3) is 0 Å². The van der Waals surface area contributed by atoms with Crippen LogP contribution in [0.5, 0.6) is 5.75 Å². The highest BCUT2D eigenvalue weighted by Gasteiger charge is 2.01. The predicted octanol–water partition coefficient (Wildman–Crippen LogP) is 2.32. The second-order valence-corrected chi connectivity index (χ2v) is 5.52. The van der Waals surface area contributed by atoms with Crippen LogP contribution in [0.2, 0.25) is 0 Å². The molecule has 0 aromatic heterocycles. The summed E-state index contributed by atoms with van der Waals surface area (Å²) >= 11 is 0. The fourth-order valence-electron chi connectivity index (χ4n) is 1.75. The molecule has 0 heterocycles. The van der Waals surface area contributed by atoms with Crippen LogP contribution in [-0.2, 0) is 6.54 Å². The number of halogens is 1. The van der Waals surface area contributed by atoms with Crippen molar-refractivity contribution >= 4 is 29.9 Å². The zero-order valence-corrected chi connectivity index (χ0v) is 16.5. The molecule has 126 valence electrons. The molecular weight excluding hydrogens is 391 g/mol. The summed E-state index contributed by atoms with van der Waals surface area (Å²) in [5.74, 6) is 1.71. The SMILES string of the molecule is CN=C(NCc1cccc(OCCN(C)C)c1)NC(C)C.I. The van der Waals surface area contributed by atoms with E-state index in [1.807, 2.05) is 26.2 Å². The van der Waals surface area contributed by atoms with Crippen LogP contribution in [0.1, 0.15) is 19.4 Å². The monoisotopic (exact) mass is 420 g/mol. The lowest BCUT2D eigenvalue weighted by molar-refractivity contribution is 0.261. The third kappa shape index (κ3) is 9.09. The number of aliphatic imine (C=N–C) groups is 1. The van der Waals surface area contributed by atoms with Gasteiger partial charge in [-0.05, 0) is 45.6 Å². The maximum absolute atomic E-state index is 5.74. The Morgan fingerprint density at radius 3 is 2.64 bits per heavy atom. The Morgan fingerprint density at radius 2 is 2.05 bits per heavy atom. The molecular formula is C16H29IN4O. The van der Waals surface area contributed by atoms with Gasteiger partial charge in [-0.3, -0.25) is 4.99 Å². The zero-order chi connectivity index (χ0) is 15.7. The lowest BCUT2D eigenvalue weighted by atomic mass is 10.2. The summed E-state index contributed by atoms with van der Waals surface area (Å²) < 4.78 is 5.74. The van der Waals surface area contributed by atoms with Gasteiger partial charge in [0.15, 0.2) is 5.96 Å². The van der Waals surface area contributed by atoms with E-state index in [4.69, 9.17) is 4.74 Å². The van der Waals surface area contributed by atoms with Gasteiger partial charge in [-0.2, -0.15) is 0 Å². The van der Waals surface area contributed by atoms with E-state index < -0.39 is 0 Å². The van der Waals surface area contributed by atoms with Crippen LogP contribution >= 0.6 is 24.0 Å². The molecule has 0 bridgehead atoms. The van der Waals surface area contributed by atoms with Crippen LogP contribution in [0.25, 0.3) is 0 Å². The molecule has 1 aromatic rings. The molecule has 2 N–H and O–H groups in total. The molecule has 22 heavy (non-hydrogen) atoms. The number of nitrogens with zero attached hydrogens (tertiary/aromatic N) is 2. The van der Waals surface area contributed by atoms with Crippen molar-refractivity contribution in [2.45, 2.75) is 26.4 Å². The lowest BCUT2D eigenvalue weighted by Crippen LogP contribution is -2.40. The molecule has 0 saturated carbocycles. The van der Waals surface area contributed by atoms with Gasteiger partial charge in [0.05, 0.1) is 0 Å². The first-order valence-electron chi connectivity index (χ1n) is 7.35. The van der Waals surface area contributed by atoms with Gasteiger partial charge >= 0.3 is 0 Å². The standard InChI is InChI=1S/C16H28N4O.HI/c1-13(2)19-16(17-3)18-12-14-7-6-8-15(11-14)21-10-9-20(4)5;/h6-8,11,13H,9-10,12H2,1-5H3,(H2,17,18,19);1H. The minimum absolute atomic E-state index is 0. The second-order valence-electron chi connectivity index (χ2n) is 5.52. The second kappa shape index (κ2) is 11.5. The molecule has 0 unspecified atom stereocenters. The first kappa shape index (κ1) is 21.0. The summed E-state index contributed by atoms with van der Waals surface area (Å²) in [6, 6.07) is 8.50. The van der Waals surface area contributed by atoms with Gasteiger partial charge in [0, 0.05) is 26.2 Å². The van der Waals surface area contributed by atoms with E-state index in [-0.39, 0.29) is 24.0 Å². The molecule has 0 aliphatic carbocycles. The number of benzene rings is 1. The third-order valence-corrected chi connectivity index (χ3v) is 2.81. The van der Waals surface area contributed by atoms with Gasteiger partial charge in [-0.1, -0.05) is 12.1 Å². The van der Waals surface area contributed by atoms with E-state index >= 15 is 0 Å². The minimum Gasteiger partial charge on any atom is -0.492 e. The molecule has 0 amide bonds. The molecule has 0 aliphatic heterocycles. The first-order chi connectivity index (χ1) is 10.0. The lowest BCUT2D eigenvalue weighted by Gasteiger charge is -2.15. The van der Waals surface area contributed by atoms with Crippen LogP contribution in [0, 0.1) is 0 Å². The molecule has 0 radical (unpaired) electrons. The molecule has 1 aromatic carbocycles. The van der Waals surface area contributed by atoms with Crippen molar-refractivity contribution in [2.24, 2.45) is 4.99 Å². The van der Waals surface area contributed by atoms with Gasteiger partial charge in [-0.15, -0.1) is 24.0 Å². The summed E-state index contributed by atoms with van der Waals surface area (Å²) in [6.07, 6.45) is 0. The van der Waals surface area contributed by atoms with E-state index in [1.165, 1.54) is 5.56 Å². The van der Waals surface area contributed by atoms with Crippen molar-refractivity contribution in [2.75, 3.05) is 34.3 Å². The number of hydrogen-bond donors (Lipinski definition) is 2. The van der Waals surface area contributed by atoms with Crippen LogP contribution < -0.4 is 15.4 Å². The largest absolute Gasteiger partial charge is 0.492 e. The average Bonchev–Trinajstić information content (AvgIpc) is 2.43.